The maximum absolute atomic E-state index is 10.2. The molecular formula is C8H10N2OS. The number of carbonyl (C=O) groups is 1. The minimum absolute atomic E-state index is 0.713. The third-order valence-corrected chi connectivity index (χ3v) is 2.21. The molecule has 3 nitrogen and oxygen atoms in total. The van der Waals surface area contributed by atoms with Gasteiger partial charge in [0.05, 0.1) is 12.0 Å². The molecule has 1 heterocycles. The molecule has 0 fully saturated rings. The Kier molecular flexibility index (Phi) is 2.99. The zero-order chi connectivity index (χ0) is 8.97. The number of amides is 1. The fourth-order valence-electron chi connectivity index (χ4n) is 0.693. The fourth-order valence-corrected chi connectivity index (χ4v) is 1.34. The Morgan fingerprint density at radius 3 is 2.92 bits per heavy atom. The van der Waals surface area contributed by atoms with Gasteiger partial charge < -0.3 is 4.90 Å². The van der Waals surface area contributed by atoms with Gasteiger partial charge >= 0.3 is 0 Å². The summed E-state index contributed by atoms with van der Waals surface area (Å²) < 4.78 is 0. The molecule has 1 amide bonds. The van der Waals surface area contributed by atoms with Gasteiger partial charge in [-0.1, -0.05) is 0 Å². The second kappa shape index (κ2) is 4.01. The van der Waals surface area contributed by atoms with E-state index in [1.807, 2.05) is 18.4 Å². The summed E-state index contributed by atoms with van der Waals surface area (Å²) in [6.45, 7) is 2.00. The van der Waals surface area contributed by atoms with Gasteiger partial charge in [0.15, 0.2) is 0 Å². The van der Waals surface area contributed by atoms with Gasteiger partial charge in [-0.15, -0.1) is 11.3 Å². The van der Waals surface area contributed by atoms with Crippen LogP contribution < -0.4 is 0 Å². The first-order chi connectivity index (χ1) is 5.74. The standard InChI is InChI=1S/C8H10N2OS/c1-7-8(3-4-12-7)9-5-10(2)6-11/h3-6H,1-2H3/b9-5-. The van der Waals surface area contributed by atoms with Gasteiger partial charge in [-0.25, -0.2) is 4.99 Å². The van der Waals surface area contributed by atoms with Crippen molar-refractivity contribution in [3.63, 3.8) is 0 Å². The van der Waals surface area contributed by atoms with E-state index in [2.05, 4.69) is 4.99 Å². The molecular weight excluding hydrogens is 172 g/mol. The van der Waals surface area contributed by atoms with E-state index in [9.17, 15) is 4.79 Å². The lowest BCUT2D eigenvalue weighted by Gasteiger charge is -1.99. The van der Waals surface area contributed by atoms with Gasteiger partial charge in [0.2, 0.25) is 6.41 Å². The molecule has 1 aromatic heterocycles. The van der Waals surface area contributed by atoms with E-state index >= 15 is 0 Å². The third-order valence-electron chi connectivity index (χ3n) is 1.38. The monoisotopic (exact) mass is 182 g/mol. The SMILES string of the molecule is Cc1sccc1/N=C\N(C)C=O. The second-order valence-corrected chi connectivity index (χ2v) is 3.50. The van der Waals surface area contributed by atoms with Gasteiger partial charge in [0.1, 0.15) is 0 Å². The second-order valence-electron chi connectivity index (χ2n) is 2.38. The lowest BCUT2D eigenvalue weighted by atomic mass is 10.4. The summed E-state index contributed by atoms with van der Waals surface area (Å²) >= 11 is 1.64. The molecule has 0 aliphatic rings. The first-order valence-electron chi connectivity index (χ1n) is 3.49. The van der Waals surface area contributed by atoms with Crippen LogP contribution in [0.25, 0.3) is 0 Å². The lowest BCUT2D eigenvalue weighted by Crippen LogP contribution is -2.12. The predicted octanol–water partition coefficient (Wildman–Crippen LogP) is 1.80. The summed E-state index contributed by atoms with van der Waals surface area (Å²) in [6.07, 6.45) is 2.22. The lowest BCUT2D eigenvalue weighted by molar-refractivity contribution is -0.113. The molecule has 64 valence electrons. The number of aryl methyl sites for hydroxylation is 1. The Morgan fingerprint density at radius 2 is 2.42 bits per heavy atom. The highest BCUT2D eigenvalue weighted by atomic mass is 32.1. The number of hydrogen-bond acceptors (Lipinski definition) is 3. The summed E-state index contributed by atoms with van der Waals surface area (Å²) in [5.74, 6) is 0. The Bertz CT molecular complexity index is 293. The Hall–Kier alpha value is -1.16. The predicted molar refractivity (Wildman–Crippen MR) is 51.0 cm³/mol. The topological polar surface area (TPSA) is 32.7 Å². The van der Waals surface area contributed by atoms with Crippen LogP contribution in [-0.4, -0.2) is 24.7 Å². The number of aliphatic imine (C=N–C) groups is 1. The average Bonchev–Trinajstić information content (AvgIpc) is 2.47. The van der Waals surface area contributed by atoms with Crippen molar-refractivity contribution in [2.24, 2.45) is 4.99 Å². The average molecular weight is 182 g/mol. The first kappa shape index (κ1) is 8.93. The molecule has 0 bridgehead atoms. The van der Waals surface area contributed by atoms with E-state index in [4.69, 9.17) is 0 Å². The van der Waals surface area contributed by atoms with Crippen LogP contribution in [0, 0.1) is 6.92 Å². The molecule has 0 spiro atoms. The third kappa shape index (κ3) is 2.17. The van der Waals surface area contributed by atoms with Crippen LogP contribution in [0.2, 0.25) is 0 Å². The molecule has 1 aromatic rings. The molecule has 0 N–H and O–H groups in total. The van der Waals surface area contributed by atoms with Gasteiger partial charge in [-0.05, 0) is 18.4 Å². The van der Waals surface area contributed by atoms with Gasteiger partial charge in [0.25, 0.3) is 0 Å². The number of nitrogens with zero attached hydrogens (tertiary/aromatic N) is 2. The van der Waals surface area contributed by atoms with Crippen molar-refractivity contribution < 1.29 is 4.79 Å². The fraction of sp³-hybridized carbons (Fsp3) is 0.250. The molecule has 0 radical (unpaired) electrons. The molecule has 0 aliphatic carbocycles. The Labute approximate surface area is 75.3 Å². The smallest absolute Gasteiger partial charge is 0.214 e. The summed E-state index contributed by atoms with van der Waals surface area (Å²) in [5, 5.41) is 1.98. The van der Waals surface area contributed by atoms with E-state index in [0.29, 0.717) is 6.41 Å². The van der Waals surface area contributed by atoms with Crippen molar-refractivity contribution in [1.82, 2.24) is 4.90 Å². The Morgan fingerprint density at radius 1 is 1.67 bits per heavy atom. The normalized spacial score (nSPS) is 10.5. The van der Waals surface area contributed by atoms with Crippen LogP contribution in [0.3, 0.4) is 0 Å². The van der Waals surface area contributed by atoms with Gasteiger partial charge in [-0.3, -0.25) is 4.79 Å². The highest BCUT2D eigenvalue weighted by Gasteiger charge is 1.94. The maximum atomic E-state index is 10.2. The van der Waals surface area contributed by atoms with Crippen molar-refractivity contribution in [2.75, 3.05) is 7.05 Å². The van der Waals surface area contributed by atoms with E-state index in [1.165, 1.54) is 11.2 Å². The van der Waals surface area contributed by atoms with Crippen molar-refractivity contribution in [1.29, 1.82) is 0 Å². The van der Waals surface area contributed by atoms with Crippen LogP contribution in [0.5, 0.6) is 0 Å². The molecule has 12 heavy (non-hydrogen) atoms. The van der Waals surface area contributed by atoms with Crippen LogP contribution in [0.4, 0.5) is 5.69 Å². The van der Waals surface area contributed by atoms with Crippen molar-refractivity contribution in [3.05, 3.63) is 16.3 Å². The van der Waals surface area contributed by atoms with Gasteiger partial charge in [-0.2, -0.15) is 0 Å². The molecule has 4 heteroatoms. The van der Waals surface area contributed by atoms with Crippen molar-refractivity contribution >= 4 is 29.8 Å². The van der Waals surface area contributed by atoms with Crippen LogP contribution in [-0.2, 0) is 4.79 Å². The molecule has 1 rings (SSSR count). The highest BCUT2D eigenvalue weighted by Crippen LogP contribution is 2.22. The number of hydrogen-bond donors (Lipinski definition) is 0. The van der Waals surface area contributed by atoms with Crippen LogP contribution in [0.15, 0.2) is 16.4 Å². The summed E-state index contributed by atoms with van der Waals surface area (Å²) in [4.78, 5) is 16.8. The molecule has 0 saturated heterocycles. The number of thiophene rings is 1. The van der Waals surface area contributed by atoms with Gasteiger partial charge in [0, 0.05) is 11.9 Å². The van der Waals surface area contributed by atoms with E-state index in [0.717, 1.165) is 10.6 Å². The number of carbonyl (C=O) groups excluding carboxylic acids is 1. The van der Waals surface area contributed by atoms with Crippen LogP contribution >= 0.6 is 11.3 Å². The van der Waals surface area contributed by atoms with E-state index < -0.39 is 0 Å². The highest BCUT2D eigenvalue weighted by molar-refractivity contribution is 7.10. The zero-order valence-electron chi connectivity index (χ0n) is 7.02. The van der Waals surface area contributed by atoms with E-state index in [1.54, 1.807) is 18.4 Å². The van der Waals surface area contributed by atoms with E-state index in [-0.39, 0.29) is 0 Å². The largest absolute Gasteiger partial charge is 0.309 e. The quantitative estimate of drug-likeness (QED) is 0.398. The number of rotatable bonds is 3. The molecule has 0 aliphatic heterocycles. The first-order valence-corrected chi connectivity index (χ1v) is 4.37. The minimum atomic E-state index is 0.713. The Balaban J connectivity index is 2.69. The zero-order valence-corrected chi connectivity index (χ0v) is 7.84. The van der Waals surface area contributed by atoms with Crippen molar-refractivity contribution in [2.45, 2.75) is 6.92 Å². The minimum Gasteiger partial charge on any atom is -0.309 e. The molecule has 0 atom stereocenters. The molecule has 0 aromatic carbocycles. The molecule has 0 saturated carbocycles. The van der Waals surface area contributed by atoms with Crippen molar-refractivity contribution in [3.8, 4) is 0 Å². The van der Waals surface area contributed by atoms with Crippen LogP contribution in [0.1, 0.15) is 4.88 Å². The summed E-state index contributed by atoms with van der Waals surface area (Å²) in [6, 6.07) is 1.93. The summed E-state index contributed by atoms with van der Waals surface area (Å²) in [5.41, 5.74) is 0.925. The molecule has 0 unspecified atom stereocenters. The summed E-state index contributed by atoms with van der Waals surface area (Å²) in [7, 11) is 1.65. The maximum Gasteiger partial charge on any atom is 0.214 e.